The van der Waals surface area contributed by atoms with Crippen LogP contribution < -0.4 is 0 Å². The number of H-pyrrole nitrogens is 1. The van der Waals surface area contributed by atoms with Gasteiger partial charge in [0.05, 0.1) is 6.04 Å². The third-order valence-corrected chi connectivity index (χ3v) is 6.48. The van der Waals surface area contributed by atoms with Crippen LogP contribution >= 0.6 is 0 Å². The van der Waals surface area contributed by atoms with Gasteiger partial charge in [0.25, 0.3) is 5.91 Å². The molecule has 2 aromatic heterocycles. The predicted octanol–water partition coefficient (Wildman–Crippen LogP) is 4.76. The SMILES string of the molecule is C#CC(=O)N1[C@@H](CCCC)Cc2c([nH]c3ncccc23)[C@@H]1C1CCCCC1. The van der Waals surface area contributed by atoms with Crippen molar-refractivity contribution >= 4 is 16.9 Å². The Morgan fingerprint density at radius 1 is 1.37 bits per heavy atom. The summed E-state index contributed by atoms with van der Waals surface area (Å²) in [5.74, 6) is 2.76. The number of terminal acetylenes is 1. The van der Waals surface area contributed by atoms with E-state index >= 15 is 0 Å². The molecule has 0 aromatic carbocycles. The predicted molar refractivity (Wildman–Crippen MR) is 108 cm³/mol. The van der Waals surface area contributed by atoms with Crippen LogP contribution in [-0.2, 0) is 11.2 Å². The Morgan fingerprint density at radius 2 is 2.19 bits per heavy atom. The largest absolute Gasteiger partial charge is 0.341 e. The van der Waals surface area contributed by atoms with Gasteiger partial charge in [-0.3, -0.25) is 4.79 Å². The number of unbranched alkanes of at least 4 members (excludes halogenated alkanes) is 1. The Labute approximate surface area is 161 Å². The lowest BCUT2D eigenvalue weighted by atomic mass is 9.77. The molecule has 4 heteroatoms. The van der Waals surface area contributed by atoms with Gasteiger partial charge in [0, 0.05) is 23.3 Å². The van der Waals surface area contributed by atoms with Crippen LogP contribution in [0.2, 0.25) is 0 Å². The van der Waals surface area contributed by atoms with Gasteiger partial charge in [-0.1, -0.05) is 39.0 Å². The lowest BCUT2D eigenvalue weighted by molar-refractivity contribution is -0.133. The molecule has 2 aromatic rings. The Bertz CT molecular complexity index is 856. The Balaban J connectivity index is 1.84. The zero-order chi connectivity index (χ0) is 18.8. The summed E-state index contributed by atoms with van der Waals surface area (Å²) in [6, 6.07) is 4.41. The molecule has 27 heavy (non-hydrogen) atoms. The number of pyridine rings is 1. The molecule has 4 nitrogen and oxygen atoms in total. The van der Waals surface area contributed by atoms with Crippen LogP contribution in [0.5, 0.6) is 0 Å². The van der Waals surface area contributed by atoms with Crippen LogP contribution in [-0.4, -0.2) is 26.8 Å². The van der Waals surface area contributed by atoms with Crippen LogP contribution in [0.4, 0.5) is 0 Å². The first-order valence-corrected chi connectivity index (χ1v) is 10.5. The number of fused-ring (bicyclic) bond motifs is 3. The summed E-state index contributed by atoms with van der Waals surface area (Å²) in [5.41, 5.74) is 3.48. The van der Waals surface area contributed by atoms with Gasteiger partial charge in [-0.2, -0.15) is 0 Å². The lowest BCUT2D eigenvalue weighted by Crippen LogP contribution is -2.49. The smallest absolute Gasteiger partial charge is 0.299 e. The van der Waals surface area contributed by atoms with E-state index in [-0.39, 0.29) is 18.0 Å². The third kappa shape index (κ3) is 3.25. The third-order valence-electron chi connectivity index (χ3n) is 6.48. The van der Waals surface area contributed by atoms with Crippen LogP contribution in [0.3, 0.4) is 0 Å². The average Bonchev–Trinajstić information content (AvgIpc) is 3.09. The second-order valence-electron chi connectivity index (χ2n) is 8.12. The van der Waals surface area contributed by atoms with Crippen LogP contribution in [0.25, 0.3) is 11.0 Å². The maximum Gasteiger partial charge on any atom is 0.299 e. The monoisotopic (exact) mass is 363 g/mol. The number of nitrogens with one attached hydrogen (secondary N) is 1. The fourth-order valence-electron chi connectivity index (χ4n) is 5.23. The molecule has 2 aliphatic rings. The normalized spacial score (nSPS) is 23.2. The standard InChI is InChI=1S/C23H29N3O/c1-3-5-12-17-15-19-18-13-9-14-24-23(18)25-21(19)22(26(17)20(27)4-2)16-10-7-6-8-11-16/h2,9,13-14,16-17,22H,3,5-8,10-12,15H2,1H3,(H,24,25)/t17-,22-/m0/s1. The van der Waals surface area contributed by atoms with E-state index in [1.165, 1.54) is 48.7 Å². The van der Waals surface area contributed by atoms with Crippen LogP contribution in [0, 0.1) is 18.3 Å². The molecule has 1 saturated carbocycles. The minimum absolute atomic E-state index is 0.0636. The molecule has 3 heterocycles. The summed E-state index contributed by atoms with van der Waals surface area (Å²) in [4.78, 5) is 23.1. The zero-order valence-corrected chi connectivity index (χ0v) is 16.2. The quantitative estimate of drug-likeness (QED) is 0.796. The summed E-state index contributed by atoms with van der Waals surface area (Å²) >= 11 is 0. The van der Waals surface area contributed by atoms with Crippen molar-refractivity contribution in [3.8, 4) is 12.3 Å². The summed E-state index contributed by atoms with van der Waals surface area (Å²) in [6.07, 6.45) is 17.7. The van der Waals surface area contributed by atoms with Crippen LogP contribution in [0.15, 0.2) is 18.3 Å². The Kier molecular flexibility index (Phi) is 5.20. The van der Waals surface area contributed by atoms with E-state index in [4.69, 9.17) is 6.42 Å². The van der Waals surface area contributed by atoms with Gasteiger partial charge in [-0.05, 0) is 55.2 Å². The maximum atomic E-state index is 12.9. The van der Waals surface area contributed by atoms with Gasteiger partial charge in [-0.15, -0.1) is 6.42 Å². The molecular weight excluding hydrogens is 334 g/mol. The first-order valence-electron chi connectivity index (χ1n) is 10.5. The number of hydrogen-bond donors (Lipinski definition) is 1. The van der Waals surface area contributed by atoms with E-state index in [9.17, 15) is 4.79 Å². The highest BCUT2D eigenvalue weighted by Crippen LogP contribution is 2.45. The lowest BCUT2D eigenvalue weighted by Gasteiger charge is -2.45. The molecule has 0 radical (unpaired) electrons. The maximum absolute atomic E-state index is 12.9. The number of carbonyl (C=O) groups excluding carboxylic acids is 1. The molecule has 142 valence electrons. The Hall–Kier alpha value is -2.28. The topological polar surface area (TPSA) is 49.0 Å². The van der Waals surface area contributed by atoms with Crippen molar-refractivity contribution in [1.29, 1.82) is 0 Å². The van der Waals surface area contributed by atoms with Gasteiger partial charge in [0.15, 0.2) is 0 Å². The van der Waals surface area contributed by atoms with Crippen molar-refractivity contribution in [3.63, 3.8) is 0 Å². The number of nitrogens with zero attached hydrogens (tertiary/aromatic N) is 2. The first kappa shape index (κ1) is 18.1. The highest BCUT2D eigenvalue weighted by Gasteiger charge is 2.42. The molecule has 1 amide bonds. The fraction of sp³-hybridized carbons (Fsp3) is 0.565. The molecule has 1 N–H and O–H groups in total. The van der Waals surface area contributed by atoms with Crippen LogP contribution in [0.1, 0.15) is 75.6 Å². The molecule has 1 fully saturated rings. The second-order valence-corrected chi connectivity index (χ2v) is 8.12. The summed E-state index contributed by atoms with van der Waals surface area (Å²) in [6.45, 7) is 2.20. The number of carbonyl (C=O) groups is 1. The molecule has 4 rings (SSSR count). The second kappa shape index (κ2) is 7.76. The van der Waals surface area contributed by atoms with E-state index in [1.807, 2.05) is 12.3 Å². The van der Waals surface area contributed by atoms with E-state index < -0.39 is 0 Å². The van der Waals surface area contributed by atoms with Crippen molar-refractivity contribution in [3.05, 3.63) is 29.6 Å². The van der Waals surface area contributed by atoms with Crippen molar-refractivity contribution in [2.24, 2.45) is 5.92 Å². The van der Waals surface area contributed by atoms with Gasteiger partial charge in [0.1, 0.15) is 5.65 Å². The van der Waals surface area contributed by atoms with Gasteiger partial charge >= 0.3 is 0 Å². The van der Waals surface area contributed by atoms with Crippen molar-refractivity contribution in [2.45, 2.75) is 76.8 Å². The number of hydrogen-bond acceptors (Lipinski definition) is 2. The van der Waals surface area contributed by atoms with Gasteiger partial charge in [-0.25, -0.2) is 4.98 Å². The molecule has 0 spiro atoms. The number of aromatic amines is 1. The average molecular weight is 364 g/mol. The van der Waals surface area contributed by atoms with Gasteiger partial charge in [0.2, 0.25) is 0 Å². The Morgan fingerprint density at radius 3 is 2.93 bits per heavy atom. The molecule has 0 saturated heterocycles. The fourth-order valence-corrected chi connectivity index (χ4v) is 5.23. The minimum atomic E-state index is -0.149. The molecule has 1 aliphatic carbocycles. The highest BCUT2D eigenvalue weighted by molar-refractivity contribution is 5.94. The van der Waals surface area contributed by atoms with Crippen molar-refractivity contribution < 1.29 is 4.79 Å². The highest BCUT2D eigenvalue weighted by atomic mass is 16.2. The number of aromatic nitrogens is 2. The van der Waals surface area contributed by atoms with E-state index in [1.54, 1.807) is 0 Å². The number of amides is 1. The van der Waals surface area contributed by atoms with Gasteiger partial charge < -0.3 is 9.88 Å². The number of rotatable bonds is 4. The molecule has 0 bridgehead atoms. The minimum Gasteiger partial charge on any atom is -0.341 e. The van der Waals surface area contributed by atoms with Crippen molar-refractivity contribution in [1.82, 2.24) is 14.9 Å². The summed E-state index contributed by atoms with van der Waals surface area (Å²) in [7, 11) is 0. The molecule has 2 atom stereocenters. The molecular formula is C23H29N3O. The van der Waals surface area contributed by atoms with E-state index in [2.05, 4.69) is 33.8 Å². The van der Waals surface area contributed by atoms with E-state index in [0.29, 0.717) is 5.92 Å². The van der Waals surface area contributed by atoms with Crippen molar-refractivity contribution in [2.75, 3.05) is 0 Å². The first-order chi connectivity index (χ1) is 13.2. The summed E-state index contributed by atoms with van der Waals surface area (Å²) < 4.78 is 0. The molecule has 1 aliphatic heterocycles. The van der Waals surface area contributed by atoms with E-state index in [0.717, 1.165) is 31.3 Å². The zero-order valence-electron chi connectivity index (χ0n) is 16.2. The summed E-state index contributed by atoms with van der Waals surface area (Å²) in [5, 5.41) is 1.21. The molecule has 0 unspecified atom stereocenters.